The van der Waals surface area contributed by atoms with Crippen LogP contribution in [0, 0.1) is 0 Å². The minimum atomic E-state index is -0.0746. The second kappa shape index (κ2) is 7.20. The number of aliphatic hydroxyl groups is 2. The summed E-state index contributed by atoms with van der Waals surface area (Å²) in [5, 5.41) is 18.3. The van der Waals surface area contributed by atoms with Gasteiger partial charge < -0.3 is 10.2 Å². The summed E-state index contributed by atoms with van der Waals surface area (Å²) in [7, 11) is 2.03. The molecule has 1 aliphatic rings. The molecule has 0 radical (unpaired) electrons. The van der Waals surface area contributed by atoms with Gasteiger partial charge in [0.25, 0.3) is 0 Å². The molecule has 0 spiro atoms. The van der Waals surface area contributed by atoms with E-state index in [4.69, 9.17) is 10.2 Å². The van der Waals surface area contributed by atoms with Crippen molar-refractivity contribution in [3.63, 3.8) is 0 Å². The molecule has 3 nitrogen and oxygen atoms in total. The van der Waals surface area contributed by atoms with Crippen LogP contribution in [0.3, 0.4) is 0 Å². The van der Waals surface area contributed by atoms with Crippen LogP contribution < -0.4 is 0 Å². The fourth-order valence-corrected chi connectivity index (χ4v) is 2.46. The average Bonchev–Trinajstić information content (AvgIpc) is 2.18. The summed E-state index contributed by atoms with van der Waals surface area (Å²) < 4.78 is 0. The van der Waals surface area contributed by atoms with E-state index < -0.39 is 0 Å². The minimum Gasteiger partial charge on any atom is -0.395 e. The molecule has 1 aliphatic carbocycles. The molecule has 0 unspecified atom stereocenters. The molecule has 2 N–H and O–H groups in total. The summed E-state index contributed by atoms with van der Waals surface area (Å²) in [5.74, 6) is 0. The fourth-order valence-electron chi connectivity index (χ4n) is 2.46. The van der Waals surface area contributed by atoms with E-state index in [9.17, 15) is 0 Å². The van der Waals surface area contributed by atoms with Crippen molar-refractivity contribution in [3.05, 3.63) is 0 Å². The Morgan fingerprint density at radius 3 is 1.93 bits per heavy atom. The van der Waals surface area contributed by atoms with Gasteiger partial charge in [-0.1, -0.05) is 32.1 Å². The highest BCUT2D eigenvalue weighted by atomic mass is 16.3. The number of hydrogen-bond acceptors (Lipinski definition) is 3. The van der Waals surface area contributed by atoms with E-state index in [2.05, 4.69) is 4.90 Å². The Labute approximate surface area is 93.1 Å². The van der Waals surface area contributed by atoms with Gasteiger partial charge in [0.2, 0.25) is 0 Å². The predicted molar refractivity (Wildman–Crippen MR) is 61.8 cm³/mol. The molecule has 0 aromatic carbocycles. The van der Waals surface area contributed by atoms with Crippen molar-refractivity contribution in [2.45, 2.75) is 57.0 Å². The van der Waals surface area contributed by atoms with Crippen LogP contribution in [0.4, 0.5) is 0 Å². The molecule has 1 fully saturated rings. The first kappa shape index (κ1) is 12.9. The van der Waals surface area contributed by atoms with Crippen LogP contribution in [0.2, 0.25) is 0 Å². The Morgan fingerprint density at radius 1 is 1.00 bits per heavy atom. The van der Waals surface area contributed by atoms with Crippen LogP contribution in [-0.2, 0) is 0 Å². The zero-order valence-electron chi connectivity index (χ0n) is 9.86. The third-order valence-electron chi connectivity index (χ3n) is 3.65. The van der Waals surface area contributed by atoms with E-state index in [-0.39, 0.29) is 19.3 Å². The zero-order valence-corrected chi connectivity index (χ0v) is 9.86. The van der Waals surface area contributed by atoms with Crippen LogP contribution >= 0.6 is 0 Å². The second-order valence-corrected chi connectivity index (χ2v) is 4.68. The monoisotopic (exact) mass is 215 g/mol. The van der Waals surface area contributed by atoms with Crippen molar-refractivity contribution in [2.75, 3.05) is 20.3 Å². The molecule has 0 aromatic rings. The molecular formula is C12H25NO2. The lowest BCUT2D eigenvalue weighted by molar-refractivity contribution is 0.0548. The molecular weight excluding hydrogens is 190 g/mol. The SMILES string of the molecule is CN(C(CO)CO)C1CCCCCCC1. The Balaban J connectivity index is 2.43. The molecule has 0 atom stereocenters. The molecule has 0 saturated heterocycles. The Hall–Kier alpha value is -0.120. The number of likely N-dealkylation sites (N-methyl/N-ethyl adjacent to an activating group) is 1. The summed E-state index contributed by atoms with van der Waals surface area (Å²) in [6.45, 7) is 0.118. The summed E-state index contributed by atoms with van der Waals surface area (Å²) in [4.78, 5) is 2.17. The van der Waals surface area contributed by atoms with Crippen LogP contribution in [0.15, 0.2) is 0 Å². The topological polar surface area (TPSA) is 43.7 Å². The van der Waals surface area contributed by atoms with E-state index in [0.29, 0.717) is 6.04 Å². The molecule has 0 bridgehead atoms. The van der Waals surface area contributed by atoms with Crippen molar-refractivity contribution in [1.82, 2.24) is 4.90 Å². The third kappa shape index (κ3) is 4.09. The van der Waals surface area contributed by atoms with E-state index in [1.807, 2.05) is 7.05 Å². The Morgan fingerprint density at radius 2 is 1.47 bits per heavy atom. The highest BCUT2D eigenvalue weighted by Gasteiger charge is 2.21. The number of aliphatic hydroxyl groups excluding tert-OH is 2. The molecule has 0 heterocycles. The lowest BCUT2D eigenvalue weighted by Crippen LogP contribution is -2.44. The molecule has 15 heavy (non-hydrogen) atoms. The van der Waals surface area contributed by atoms with Gasteiger partial charge in [0, 0.05) is 6.04 Å². The number of nitrogens with zero attached hydrogens (tertiary/aromatic N) is 1. The maximum Gasteiger partial charge on any atom is 0.0609 e. The highest BCUT2D eigenvalue weighted by molar-refractivity contribution is 4.77. The second-order valence-electron chi connectivity index (χ2n) is 4.68. The number of rotatable bonds is 4. The summed E-state index contributed by atoms with van der Waals surface area (Å²) >= 11 is 0. The largest absolute Gasteiger partial charge is 0.395 e. The number of hydrogen-bond donors (Lipinski definition) is 2. The summed E-state index contributed by atoms with van der Waals surface area (Å²) in [6, 6.07) is 0.476. The van der Waals surface area contributed by atoms with E-state index in [0.717, 1.165) is 0 Å². The molecule has 0 amide bonds. The van der Waals surface area contributed by atoms with Crippen LogP contribution in [0.25, 0.3) is 0 Å². The van der Waals surface area contributed by atoms with Gasteiger partial charge in [-0.25, -0.2) is 0 Å². The zero-order chi connectivity index (χ0) is 11.1. The van der Waals surface area contributed by atoms with Crippen LogP contribution in [0.1, 0.15) is 44.9 Å². The minimum absolute atomic E-state index is 0.0590. The molecule has 0 aromatic heterocycles. The van der Waals surface area contributed by atoms with Crippen LogP contribution in [-0.4, -0.2) is 47.5 Å². The van der Waals surface area contributed by atoms with Crippen molar-refractivity contribution in [2.24, 2.45) is 0 Å². The highest BCUT2D eigenvalue weighted by Crippen LogP contribution is 2.21. The standard InChI is InChI=1S/C12H25NO2/c1-13(12(9-14)10-15)11-7-5-3-2-4-6-8-11/h11-12,14-15H,2-10H2,1H3. The van der Waals surface area contributed by atoms with E-state index in [1.54, 1.807) is 0 Å². The van der Waals surface area contributed by atoms with Crippen LogP contribution in [0.5, 0.6) is 0 Å². The van der Waals surface area contributed by atoms with Gasteiger partial charge >= 0.3 is 0 Å². The predicted octanol–water partition coefficient (Wildman–Crippen LogP) is 1.38. The molecule has 1 saturated carbocycles. The molecule has 90 valence electrons. The molecule has 1 rings (SSSR count). The van der Waals surface area contributed by atoms with Gasteiger partial charge in [0.1, 0.15) is 0 Å². The third-order valence-corrected chi connectivity index (χ3v) is 3.65. The lowest BCUT2D eigenvalue weighted by Gasteiger charge is -2.34. The smallest absolute Gasteiger partial charge is 0.0609 e. The van der Waals surface area contributed by atoms with Gasteiger partial charge in [-0.05, 0) is 19.9 Å². The molecule has 3 heteroatoms. The summed E-state index contributed by atoms with van der Waals surface area (Å²) in [6.07, 6.45) is 9.07. The first-order valence-corrected chi connectivity index (χ1v) is 6.23. The fraction of sp³-hybridized carbons (Fsp3) is 1.00. The average molecular weight is 215 g/mol. The Bertz CT molecular complexity index is 152. The van der Waals surface area contributed by atoms with E-state index >= 15 is 0 Å². The van der Waals surface area contributed by atoms with E-state index in [1.165, 1.54) is 44.9 Å². The molecule has 0 aliphatic heterocycles. The first-order chi connectivity index (χ1) is 7.29. The first-order valence-electron chi connectivity index (χ1n) is 6.23. The van der Waals surface area contributed by atoms with Crippen molar-refractivity contribution >= 4 is 0 Å². The van der Waals surface area contributed by atoms with Gasteiger partial charge in [0.05, 0.1) is 19.3 Å². The maximum atomic E-state index is 9.15. The Kier molecular flexibility index (Phi) is 6.22. The lowest BCUT2D eigenvalue weighted by atomic mass is 9.95. The van der Waals surface area contributed by atoms with Gasteiger partial charge in [-0.15, -0.1) is 0 Å². The quantitative estimate of drug-likeness (QED) is 0.744. The van der Waals surface area contributed by atoms with Gasteiger partial charge in [-0.3, -0.25) is 4.90 Å². The van der Waals surface area contributed by atoms with Gasteiger partial charge in [0.15, 0.2) is 0 Å². The van der Waals surface area contributed by atoms with Crippen molar-refractivity contribution in [3.8, 4) is 0 Å². The normalized spacial score (nSPS) is 20.6. The summed E-state index contributed by atoms with van der Waals surface area (Å²) in [5.41, 5.74) is 0. The van der Waals surface area contributed by atoms with Gasteiger partial charge in [-0.2, -0.15) is 0 Å². The van der Waals surface area contributed by atoms with Crippen molar-refractivity contribution < 1.29 is 10.2 Å². The maximum absolute atomic E-state index is 9.15. The van der Waals surface area contributed by atoms with Crippen molar-refractivity contribution in [1.29, 1.82) is 0 Å².